The molecule has 0 radical (unpaired) electrons. The van der Waals surface area contributed by atoms with Crippen molar-refractivity contribution >= 4 is 94.8 Å². The fourth-order valence-electron chi connectivity index (χ4n) is 11.9. The van der Waals surface area contributed by atoms with Gasteiger partial charge in [0.05, 0.1) is 25.6 Å². The first-order valence-electron chi connectivity index (χ1n) is 36.9. The number of nitrogens with one attached hydrogen (secondary N) is 13. The highest BCUT2D eigenvalue weighted by Gasteiger charge is 2.42. The maximum Gasteiger partial charge on any atom is 0.326 e. The van der Waals surface area contributed by atoms with E-state index in [4.69, 9.17) is 28.3 Å². The van der Waals surface area contributed by atoms with E-state index < -0.39 is 200 Å². The summed E-state index contributed by atoms with van der Waals surface area (Å²) in [6, 6.07) is -3.25. The number of benzene rings is 2. The van der Waals surface area contributed by atoms with Crippen LogP contribution in [0, 0.1) is 23.2 Å². The molecule has 1 aliphatic heterocycles. The third-order valence-electron chi connectivity index (χ3n) is 17.7. The number of rotatable bonds is 51. The number of hydrogen-bond donors (Lipinski definition) is 22. The Hall–Kier alpha value is -10.6. The van der Waals surface area contributed by atoms with E-state index >= 15 is 0 Å². The Balaban J connectivity index is 1.80. The van der Waals surface area contributed by atoms with Crippen molar-refractivity contribution in [2.45, 2.75) is 223 Å². The van der Waals surface area contributed by atoms with Crippen LogP contribution in [0.1, 0.15) is 149 Å². The number of aliphatic hydroxyl groups is 1. The Labute approximate surface area is 638 Å². The van der Waals surface area contributed by atoms with Gasteiger partial charge >= 0.3 is 17.9 Å². The van der Waals surface area contributed by atoms with Crippen molar-refractivity contribution in [1.82, 2.24) is 68.7 Å². The molecule has 38 heteroatoms. The van der Waals surface area contributed by atoms with Crippen molar-refractivity contribution in [1.29, 1.82) is 5.41 Å². The fourth-order valence-corrected chi connectivity index (χ4v) is 11.9. The molecule has 3 rings (SSSR count). The summed E-state index contributed by atoms with van der Waals surface area (Å²) in [7, 11) is 0. The van der Waals surface area contributed by atoms with Crippen LogP contribution < -0.4 is 86.7 Å². The molecule has 1 fully saturated rings. The number of guanidine groups is 1. The van der Waals surface area contributed by atoms with Crippen molar-refractivity contribution in [2.24, 2.45) is 40.7 Å². The first-order valence-corrected chi connectivity index (χ1v) is 36.9. The van der Waals surface area contributed by atoms with Gasteiger partial charge in [0.25, 0.3) is 0 Å². The zero-order chi connectivity index (χ0) is 82.3. The zero-order valence-corrected chi connectivity index (χ0v) is 63.2. The Morgan fingerprint density at radius 1 is 0.509 bits per heavy atom. The minimum Gasteiger partial charge on any atom is -0.508 e. The molecule has 1 heterocycles. The number of unbranched alkanes of at least 4 members (excludes halogenated alkanes) is 2. The Bertz CT molecular complexity index is 3420. The third kappa shape index (κ3) is 34.3. The predicted molar refractivity (Wildman–Crippen MR) is 400 cm³/mol. The van der Waals surface area contributed by atoms with Crippen LogP contribution in [0.15, 0.2) is 54.6 Å². The molecule has 0 aromatic heterocycles. The number of phenols is 1. The number of carbonyl (C=O) groups is 15. The summed E-state index contributed by atoms with van der Waals surface area (Å²) in [5.41, 5.74) is 24.1. The highest BCUT2D eigenvalue weighted by Crippen LogP contribution is 2.22. The van der Waals surface area contributed by atoms with Gasteiger partial charge in [0.15, 0.2) is 5.96 Å². The number of carbonyl (C=O) groups excluding carboxylic acids is 12. The molecule has 0 spiro atoms. The molecule has 2 aromatic carbocycles. The minimum atomic E-state index is -1.84. The molecule has 612 valence electrons. The van der Waals surface area contributed by atoms with Gasteiger partial charge in [-0.15, -0.1) is 0 Å². The number of phenolic OH excluding ortho intramolecular Hbond substituents is 1. The van der Waals surface area contributed by atoms with Crippen molar-refractivity contribution in [3.05, 3.63) is 65.7 Å². The van der Waals surface area contributed by atoms with E-state index in [1.807, 2.05) is 0 Å². The number of nitrogens with zero attached hydrogens (tertiary/aromatic N) is 1. The number of amides is 12. The fraction of sp³-hybridized carbons (Fsp3) is 0.611. The number of aliphatic carboxylic acids is 3. The van der Waals surface area contributed by atoms with E-state index in [1.165, 1.54) is 38.1 Å². The normalized spacial score (nSPS) is 15.6. The molecule has 0 aliphatic carbocycles. The van der Waals surface area contributed by atoms with Gasteiger partial charge in [-0.2, -0.15) is 0 Å². The lowest BCUT2D eigenvalue weighted by Crippen LogP contribution is -2.60. The quantitative estimate of drug-likeness (QED) is 0.0171. The summed E-state index contributed by atoms with van der Waals surface area (Å²) in [5.74, 6) is -17.1. The van der Waals surface area contributed by atoms with Crippen LogP contribution in [-0.4, -0.2) is 237 Å². The molecular formula is C72H114N18O20. The van der Waals surface area contributed by atoms with Gasteiger partial charge in [0.1, 0.15) is 72.2 Å². The predicted octanol–water partition coefficient (Wildman–Crippen LogP) is -3.85. The van der Waals surface area contributed by atoms with Gasteiger partial charge < -0.3 is 117 Å². The summed E-state index contributed by atoms with van der Waals surface area (Å²) >= 11 is 0. The molecule has 12 atom stereocenters. The van der Waals surface area contributed by atoms with Crippen LogP contribution in [0.3, 0.4) is 0 Å². The summed E-state index contributed by atoms with van der Waals surface area (Å²) in [4.78, 5) is 206. The van der Waals surface area contributed by atoms with Crippen LogP contribution in [0.5, 0.6) is 5.75 Å². The van der Waals surface area contributed by atoms with Gasteiger partial charge in [-0.25, -0.2) is 4.79 Å². The van der Waals surface area contributed by atoms with Gasteiger partial charge in [-0.05, 0) is 144 Å². The second-order valence-corrected chi connectivity index (χ2v) is 28.3. The van der Waals surface area contributed by atoms with Crippen molar-refractivity contribution < 1.29 is 97.5 Å². The largest absolute Gasteiger partial charge is 0.508 e. The van der Waals surface area contributed by atoms with E-state index in [1.54, 1.807) is 58.0 Å². The second-order valence-electron chi connectivity index (χ2n) is 28.3. The Kier molecular flexibility index (Phi) is 41.5. The maximum atomic E-state index is 14.5. The summed E-state index contributed by atoms with van der Waals surface area (Å²) in [6.45, 7) is 8.56. The number of likely N-dealkylation sites (tertiary alicyclic amines) is 1. The van der Waals surface area contributed by atoms with Gasteiger partial charge in [0.2, 0.25) is 70.9 Å². The molecule has 26 N–H and O–H groups in total. The Morgan fingerprint density at radius 3 is 1.50 bits per heavy atom. The number of nitrogens with two attached hydrogens (primary N) is 4. The first kappa shape index (κ1) is 93.6. The van der Waals surface area contributed by atoms with Crippen LogP contribution in [-0.2, 0) is 84.8 Å². The van der Waals surface area contributed by atoms with Crippen LogP contribution >= 0.6 is 0 Å². The summed E-state index contributed by atoms with van der Waals surface area (Å²) in [6.07, 6.45) is -0.676. The number of carboxylic acids is 3. The Morgan fingerprint density at radius 2 is 0.982 bits per heavy atom. The second kappa shape index (κ2) is 48.7. The van der Waals surface area contributed by atoms with E-state index in [9.17, 15) is 97.5 Å². The van der Waals surface area contributed by atoms with E-state index in [0.29, 0.717) is 24.0 Å². The number of carboxylic acid groups (broad SMARTS) is 3. The van der Waals surface area contributed by atoms with E-state index in [2.05, 4.69) is 63.8 Å². The lowest BCUT2D eigenvalue weighted by Gasteiger charge is -2.31. The molecule has 1 saturated heterocycles. The molecule has 0 unspecified atom stereocenters. The van der Waals surface area contributed by atoms with Crippen LogP contribution in [0.4, 0.5) is 0 Å². The average Bonchev–Trinajstić information content (AvgIpc) is 1.62. The van der Waals surface area contributed by atoms with Gasteiger partial charge in [-0.3, -0.25) is 72.5 Å². The molecule has 1 aliphatic rings. The van der Waals surface area contributed by atoms with Crippen molar-refractivity contribution in [3.8, 4) is 5.75 Å². The van der Waals surface area contributed by atoms with Crippen LogP contribution in [0.2, 0.25) is 0 Å². The van der Waals surface area contributed by atoms with Gasteiger partial charge in [-0.1, -0.05) is 84.0 Å². The zero-order valence-electron chi connectivity index (χ0n) is 63.2. The first-order chi connectivity index (χ1) is 52.0. The molecule has 38 nitrogen and oxygen atoms in total. The standard InChI is InChI=1S/C72H114N18O20/c1-39(2)32-50(85-67(105)54(38-91)88-63(101)48(26-27-57(94)95)80-60(98)45(75)34-43-22-24-44(92)25-23-43)64(102)81-46(18-10-12-28-73)61(99)79-37-56(93)89-59(41(5)6)69(107)87-53(36-58(96)97)70(108)90-31-15-21-55(90)68(106)82-47(19-11-13-29-74)62(100)86-52(35-42-16-8-7-9-17-42)66(104)84-51(33-40(3)4)65(103)83-49(71(109)110)20-14-30-78-72(76)77/h7-9,16-17,22-25,39-41,45-55,59,91-92H,10-15,18-21,26-38,73-75H2,1-6H3,(H,79,99)(H,80,98)(H,81,102)(H,82,106)(H,83,103)(H,84,104)(H,85,105)(H,86,100)(H,87,107)(H,88,101)(H,89,93)(H,94,95)(H,96,97)(H,109,110)(H4,76,77,78)/t45-,46-,47-,48-,49-,50-,51-,52-,53-,54-,55-,59-/m0/s1. The third-order valence-corrected chi connectivity index (χ3v) is 17.7. The monoisotopic (exact) mass is 1550 g/mol. The smallest absolute Gasteiger partial charge is 0.326 e. The number of aromatic hydroxyl groups is 1. The van der Waals surface area contributed by atoms with Crippen molar-refractivity contribution in [2.75, 3.05) is 39.3 Å². The van der Waals surface area contributed by atoms with Crippen LogP contribution in [0.25, 0.3) is 0 Å². The molecule has 2 aromatic rings. The maximum absolute atomic E-state index is 14.5. The summed E-state index contributed by atoms with van der Waals surface area (Å²) in [5, 5.41) is 86.9. The highest BCUT2D eigenvalue weighted by atomic mass is 16.4. The number of hydrogen-bond acceptors (Lipinski definition) is 21. The van der Waals surface area contributed by atoms with Gasteiger partial charge in [0, 0.05) is 25.9 Å². The number of aliphatic hydroxyl groups excluding tert-OH is 1. The molecule has 0 saturated carbocycles. The molecule has 110 heavy (non-hydrogen) atoms. The van der Waals surface area contributed by atoms with E-state index in [-0.39, 0.29) is 127 Å². The molecular weight excluding hydrogens is 1440 g/mol. The topological polar surface area (TPSA) is 633 Å². The highest BCUT2D eigenvalue weighted by molar-refractivity contribution is 6.00. The molecule has 12 amide bonds. The summed E-state index contributed by atoms with van der Waals surface area (Å²) < 4.78 is 0. The molecule has 0 bridgehead atoms. The van der Waals surface area contributed by atoms with Crippen molar-refractivity contribution in [3.63, 3.8) is 0 Å². The minimum absolute atomic E-state index is 0.0154. The lowest BCUT2D eigenvalue weighted by molar-refractivity contribution is -0.146. The average molecular weight is 1550 g/mol. The lowest BCUT2D eigenvalue weighted by atomic mass is 10.00. The van der Waals surface area contributed by atoms with E-state index in [0.717, 1.165) is 4.90 Å². The SMILES string of the molecule is CC(C)C[C@H](NC(=O)[C@H](Cc1ccccc1)NC(=O)[C@H](CCCCN)NC(=O)[C@@H]1CCCN1C(=O)[C@H](CC(=O)O)NC(=O)[C@@H](NC(=O)CNC(=O)[C@H](CCCCN)NC(=O)[C@H](CC(C)C)NC(=O)[C@H](CO)NC(=O)[C@H](CCC(=O)O)NC(=O)[C@@H](N)Cc1ccc(O)cc1)C(C)C)C(=O)N[C@@H](CCCNC(=N)N)C(=O)O.